The number of anilines is 1. The Hall–Kier alpha value is -2.98. The van der Waals surface area contributed by atoms with Crippen LogP contribution < -0.4 is 9.64 Å². The number of carbonyl (C=O) groups is 2. The summed E-state index contributed by atoms with van der Waals surface area (Å²) in [6, 6.07) is 10.0. The van der Waals surface area contributed by atoms with E-state index in [-0.39, 0.29) is 29.3 Å². The fraction of sp³-hybridized carbons (Fsp3) is 0.348. The van der Waals surface area contributed by atoms with Crippen molar-refractivity contribution in [3.63, 3.8) is 0 Å². The average Bonchev–Trinajstić information content (AvgIpc) is 3.35. The summed E-state index contributed by atoms with van der Waals surface area (Å²) in [6.07, 6.45) is 3.57. The fourth-order valence-electron chi connectivity index (χ4n) is 4.64. The largest absolute Gasteiger partial charge is 0.496 e. The third kappa shape index (κ3) is 3.97. The molecule has 170 valence electrons. The van der Waals surface area contributed by atoms with Gasteiger partial charge in [-0.05, 0) is 37.1 Å². The van der Waals surface area contributed by atoms with E-state index in [1.54, 1.807) is 12.1 Å². The molecule has 0 radical (unpaired) electrons. The zero-order valence-corrected chi connectivity index (χ0v) is 19.5. The first-order valence-electron chi connectivity index (χ1n) is 10.7. The predicted octanol–water partition coefficient (Wildman–Crippen LogP) is 5.19. The Morgan fingerprint density at radius 1 is 1.15 bits per heavy atom. The molecule has 0 N–H and O–H groups in total. The Labute approximate surface area is 198 Å². The number of imide groups is 1. The Morgan fingerprint density at radius 3 is 2.55 bits per heavy atom. The first-order valence-corrected chi connectivity index (χ1v) is 12.5. The van der Waals surface area contributed by atoms with E-state index in [0.29, 0.717) is 22.8 Å². The molecule has 33 heavy (non-hydrogen) atoms. The molecule has 2 heterocycles. The maximum Gasteiger partial charge on any atom is 0.270 e. The van der Waals surface area contributed by atoms with E-state index < -0.39 is 4.92 Å². The lowest BCUT2D eigenvalue weighted by molar-refractivity contribution is -0.384. The van der Waals surface area contributed by atoms with Gasteiger partial charge in [-0.1, -0.05) is 24.6 Å². The number of aromatic nitrogens is 1. The van der Waals surface area contributed by atoms with Gasteiger partial charge < -0.3 is 4.74 Å². The number of carbonyl (C=O) groups excluding carboxylic acids is 2. The number of amides is 2. The predicted molar refractivity (Wildman–Crippen MR) is 127 cm³/mol. The molecule has 2 aromatic carbocycles. The standard InChI is InChI=1S/C23H21N3O5S2/c1-31-19-9-7-15(26(29)30)10-13(19)12-32-23-24-18-8-6-14(11-20(18)33-23)25-21(27)16-4-2-3-5-17(16)22(25)28/h6-11,16-17H,2-5,12H2,1H3/t16-,17+. The van der Waals surface area contributed by atoms with Gasteiger partial charge in [0.05, 0.1) is 39.8 Å². The Bertz CT molecular complexity index is 1250. The zero-order valence-electron chi connectivity index (χ0n) is 17.9. The lowest BCUT2D eigenvalue weighted by Crippen LogP contribution is -2.30. The minimum atomic E-state index is -0.427. The van der Waals surface area contributed by atoms with Crippen LogP contribution >= 0.6 is 23.1 Å². The third-order valence-corrected chi connectivity index (χ3v) is 8.49. The molecule has 2 aliphatic rings. The first kappa shape index (κ1) is 21.8. The van der Waals surface area contributed by atoms with Crippen LogP contribution in [0.2, 0.25) is 0 Å². The zero-order chi connectivity index (χ0) is 23.1. The number of thioether (sulfide) groups is 1. The first-order chi connectivity index (χ1) is 16.0. The summed E-state index contributed by atoms with van der Waals surface area (Å²) < 4.78 is 7.02. The van der Waals surface area contributed by atoms with E-state index >= 15 is 0 Å². The second kappa shape index (κ2) is 8.75. The number of benzene rings is 2. The van der Waals surface area contributed by atoms with Gasteiger partial charge in [0.15, 0.2) is 4.34 Å². The Balaban J connectivity index is 1.37. The van der Waals surface area contributed by atoms with Crippen LogP contribution in [-0.2, 0) is 15.3 Å². The Morgan fingerprint density at radius 2 is 1.88 bits per heavy atom. The highest BCUT2D eigenvalue weighted by atomic mass is 32.2. The van der Waals surface area contributed by atoms with Gasteiger partial charge >= 0.3 is 0 Å². The molecule has 2 amide bonds. The highest BCUT2D eigenvalue weighted by Gasteiger charge is 2.48. The van der Waals surface area contributed by atoms with Crippen molar-refractivity contribution in [1.29, 1.82) is 0 Å². The van der Waals surface area contributed by atoms with Crippen LogP contribution in [0, 0.1) is 22.0 Å². The summed E-state index contributed by atoms with van der Waals surface area (Å²) in [5.74, 6) is 0.522. The monoisotopic (exact) mass is 483 g/mol. The van der Waals surface area contributed by atoms with Crippen molar-refractivity contribution in [2.24, 2.45) is 11.8 Å². The molecule has 3 aromatic rings. The number of hydrogen-bond donors (Lipinski definition) is 0. The van der Waals surface area contributed by atoms with E-state index in [2.05, 4.69) is 4.98 Å². The lowest BCUT2D eigenvalue weighted by Gasteiger charge is -2.19. The average molecular weight is 484 g/mol. The summed E-state index contributed by atoms with van der Waals surface area (Å²) in [7, 11) is 1.53. The van der Waals surface area contributed by atoms with Crippen molar-refractivity contribution >= 4 is 56.5 Å². The van der Waals surface area contributed by atoms with Crippen molar-refractivity contribution in [2.75, 3.05) is 12.0 Å². The third-order valence-electron chi connectivity index (χ3n) is 6.28. The van der Waals surface area contributed by atoms with Crippen molar-refractivity contribution in [3.05, 3.63) is 52.1 Å². The van der Waals surface area contributed by atoms with Crippen LogP contribution in [-0.4, -0.2) is 28.8 Å². The molecular weight excluding hydrogens is 462 g/mol. The molecule has 0 bridgehead atoms. The Kier molecular flexibility index (Phi) is 5.79. The van der Waals surface area contributed by atoms with Gasteiger partial charge in [0.2, 0.25) is 11.8 Å². The second-order valence-electron chi connectivity index (χ2n) is 8.18. The van der Waals surface area contributed by atoms with E-state index in [0.717, 1.165) is 40.2 Å². The van der Waals surface area contributed by atoms with Crippen molar-refractivity contribution in [2.45, 2.75) is 35.8 Å². The number of methoxy groups -OCH3 is 1. The van der Waals surface area contributed by atoms with E-state index in [4.69, 9.17) is 4.74 Å². The van der Waals surface area contributed by atoms with Gasteiger partial charge in [-0.3, -0.25) is 24.6 Å². The molecule has 2 fully saturated rings. The summed E-state index contributed by atoms with van der Waals surface area (Å²) in [4.78, 5) is 42.5. The summed E-state index contributed by atoms with van der Waals surface area (Å²) in [5.41, 5.74) is 2.12. The molecule has 1 saturated heterocycles. The van der Waals surface area contributed by atoms with Crippen LogP contribution in [0.15, 0.2) is 40.7 Å². The number of nitrogens with zero attached hydrogens (tertiary/aromatic N) is 3. The van der Waals surface area contributed by atoms with Crippen LogP contribution in [0.3, 0.4) is 0 Å². The topological polar surface area (TPSA) is 103 Å². The van der Waals surface area contributed by atoms with Crippen LogP contribution in [0.1, 0.15) is 31.2 Å². The van der Waals surface area contributed by atoms with Gasteiger partial charge in [0.25, 0.3) is 5.69 Å². The molecule has 0 spiro atoms. The number of non-ortho nitro benzene ring substituents is 1. The number of nitro benzene ring substituents is 1. The number of nitro groups is 1. The molecule has 1 aliphatic heterocycles. The molecule has 1 aromatic heterocycles. The van der Waals surface area contributed by atoms with Gasteiger partial charge in [-0.25, -0.2) is 4.98 Å². The van der Waals surface area contributed by atoms with Crippen LogP contribution in [0.25, 0.3) is 10.2 Å². The summed E-state index contributed by atoms with van der Waals surface area (Å²) in [5, 5.41) is 11.1. The van der Waals surface area contributed by atoms with E-state index in [1.165, 1.54) is 47.2 Å². The van der Waals surface area contributed by atoms with Gasteiger partial charge in [-0.15, -0.1) is 11.3 Å². The normalized spacial score (nSPS) is 20.3. The van der Waals surface area contributed by atoms with Gasteiger partial charge in [0.1, 0.15) is 5.75 Å². The molecule has 2 atom stereocenters. The van der Waals surface area contributed by atoms with E-state index in [1.807, 2.05) is 12.1 Å². The number of fused-ring (bicyclic) bond motifs is 2. The maximum absolute atomic E-state index is 12.9. The van der Waals surface area contributed by atoms with Crippen LogP contribution in [0.5, 0.6) is 5.75 Å². The van der Waals surface area contributed by atoms with Gasteiger partial charge in [-0.2, -0.15) is 0 Å². The quantitative estimate of drug-likeness (QED) is 0.206. The van der Waals surface area contributed by atoms with Crippen molar-refractivity contribution < 1.29 is 19.2 Å². The van der Waals surface area contributed by atoms with Crippen molar-refractivity contribution in [1.82, 2.24) is 4.98 Å². The highest BCUT2D eigenvalue weighted by molar-refractivity contribution is 8.00. The number of rotatable bonds is 6. The number of thiazole rings is 1. The van der Waals surface area contributed by atoms with Crippen LogP contribution in [0.4, 0.5) is 11.4 Å². The molecule has 10 heteroatoms. The summed E-state index contributed by atoms with van der Waals surface area (Å²) >= 11 is 2.93. The molecule has 0 unspecified atom stereocenters. The smallest absolute Gasteiger partial charge is 0.270 e. The number of ether oxygens (including phenoxy) is 1. The lowest BCUT2D eigenvalue weighted by atomic mass is 9.81. The molecule has 5 rings (SSSR count). The van der Waals surface area contributed by atoms with E-state index in [9.17, 15) is 19.7 Å². The van der Waals surface area contributed by atoms with Crippen molar-refractivity contribution in [3.8, 4) is 5.75 Å². The molecule has 1 saturated carbocycles. The fourth-order valence-corrected chi connectivity index (χ4v) is 6.72. The SMILES string of the molecule is COc1ccc([N+](=O)[O-])cc1CSc1nc2ccc(N3C(=O)[C@H]4CCCC[C@H]4C3=O)cc2s1. The molecule has 8 nitrogen and oxygen atoms in total. The molecule has 1 aliphatic carbocycles. The second-order valence-corrected chi connectivity index (χ2v) is 10.4. The molecular formula is C23H21N3O5S2. The number of hydrogen-bond acceptors (Lipinski definition) is 8. The van der Waals surface area contributed by atoms with Gasteiger partial charge in [0, 0.05) is 23.4 Å². The maximum atomic E-state index is 12.9. The summed E-state index contributed by atoms with van der Waals surface area (Å²) in [6.45, 7) is 0. The minimum absolute atomic E-state index is 0.0147. The highest BCUT2D eigenvalue weighted by Crippen LogP contribution is 2.41. The minimum Gasteiger partial charge on any atom is -0.496 e.